The number of nitrogens with zero attached hydrogens (tertiary/aromatic N) is 3. The van der Waals surface area contributed by atoms with Crippen LogP contribution in [-0.2, 0) is 4.74 Å². The maximum absolute atomic E-state index is 5.59. The molecular formula is C16H20N4O. The average molecular weight is 284 g/mol. The molecule has 1 aromatic carbocycles. The lowest BCUT2D eigenvalue weighted by molar-refractivity contribution is 0.0974. The van der Waals surface area contributed by atoms with Crippen LogP contribution in [0.5, 0.6) is 0 Å². The van der Waals surface area contributed by atoms with Gasteiger partial charge in [-0.15, -0.1) is 0 Å². The van der Waals surface area contributed by atoms with Gasteiger partial charge in [-0.3, -0.25) is 4.90 Å². The number of aromatic nitrogens is 3. The Bertz CT molecular complexity index is 567. The monoisotopic (exact) mass is 284 g/mol. The number of hydrogen-bond acceptors (Lipinski definition) is 4. The number of aromatic amines is 1. The van der Waals surface area contributed by atoms with E-state index in [9.17, 15) is 0 Å². The first kappa shape index (κ1) is 14.0. The van der Waals surface area contributed by atoms with Gasteiger partial charge in [0.2, 0.25) is 0 Å². The predicted molar refractivity (Wildman–Crippen MR) is 81.8 cm³/mol. The third-order valence-electron chi connectivity index (χ3n) is 3.93. The summed E-state index contributed by atoms with van der Waals surface area (Å²) in [6, 6.07) is 10.4. The fourth-order valence-corrected chi connectivity index (χ4v) is 2.81. The van der Waals surface area contributed by atoms with Crippen LogP contribution in [0.4, 0.5) is 0 Å². The zero-order valence-corrected chi connectivity index (χ0v) is 12.1. The molecule has 5 heteroatoms. The van der Waals surface area contributed by atoms with Crippen molar-refractivity contribution in [1.82, 2.24) is 20.3 Å². The van der Waals surface area contributed by atoms with Crippen LogP contribution in [0, 0.1) is 0 Å². The Morgan fingerprint density at radius 3 is 2.90 bits per heavy atom. The molecule has 2 aromatic rings. The molecule has 2 heterocycles. The summed E-state index contributed by atoms with van der Waals surface area (Å²) >= 11 is 0. The van der Waals surface area contributed by atoms with Gasteiger partial charge in [0.05, 0.1) is 18.0 Å². The van der Waals surface area contributed by atoms with E-state index in [2.05, 4.69) is 56.7 Å². The Hall–Kier alpha value is -1.98. The van der Waals surface area contributed by atoms with Crippen molar-refractivity contribution in [3.05, 3.63) is 53.9 Å². The van der Waals surface area contributed by atoms with Gasteiger partial charge in [-0.1, -0.05) is 42.5 Å². The number of ether oxygens (including phenoxy) is 1. The van der Waals surface area contributed by atoms with Gasteiger partial charge in [0, 0.05) is 32.7 Å². The normalized spacial score (nSPS) is 23.1. The number of nitrogens with one attached hydrogen (secondary N) is 1. The second-order valence-corrected chi connectivity index (χ2v) is 5.31. The SMILES string of the molecule is CO[C@@H]1CN(C/C=C/c2ccccc2)C[C@H]1c1cn[nH]n1. The Labute approximate surface area is 124 Å². The maximum Gasteiger partial charge on any atom is 0.0894 e. The van der Waals surface area contributed by atoms with Gasteiger partial charge in [-0.25, -0.2) is 0 Å². The average Bonchev–Trinajstić information content (AvgIpc) is 3.17. The molecule has 2 atom stereocenters. The second-order valence-electron chi connectivity index (χ2n) is 5.31. The highest BCUT2D eigenvalue weighted by molar-refractivity contribution is 5.48. The lowest BCUT2D eigenvalue weighted by atomic mass is 10.0. The van der Waals surface area contributed by atoms with Gasteiger partial charge in [-0.05, 0) is 5.56 Å². The first-order valence-corrected chi connectivity index (χ1v) is 7.19. The predicted octanol–water partition coefficient (Wildman–Crippen LogP) is 1.93. The summed E-state index contributed by atoms with van der Waals surface area (Å²) in [5.74, 6) is 0.291. The van der Waals surface area contributed by atoms with E-state index in [0.29, 0.717) is 5.92 Å². The van der Waals surface area contributed by atoms with Gasteiger partial charge in [0.25, 0.3) is 0 Å². The molecule has 0 amide bonds. The maximum atomic E-state index is 5.59. The molecule has 0 spiro atoms. The lowest BCUT2D eigenvalue weighted by Gasteiger charge is -2.13. The summed E-state index contributed by atoms with van der Waals surface area (Å²) in [4.78, 5) is 2.38. The highest BCUT2D eigenvalue weighted by Crippen LogP contribution is 2.27. The minimum absolute atomic E-state index is 0.181. The van der Waals surface area contributed by atoms with E-state index in [1.807, 2.05) is 6.07 Å². The van der Waals surface area contributed by atoms with E-state index in [1.165, 1.54) is 5.56 Å². The molecule has 0 saturated carbocycles. The van der Waals surface area contributed by atoms with Crippen molar-refractivity contribution in [2.75, 3.05) is 26.7 Å². The molecule has 5 nitrogen and oxygen atoms in total. The molecule has 0 radical (unpaired) electrons. The molecule has 1 aromatic heterocycles. The largest absolute Gasteiger partial charge is 0.379 e. The van der Waals surface area contributed by atoms with E-state index in [1.54, 1.807) is 13.3 Å². The van der Waals surface area contributed by atoms with Gasteiger partial charge in [-0.2, -0.15) is 15.4 Å². The highest BCUT2D eigenvalue weighted by atomic mass is 16.5. The summed E-state index contributed by atoms with van der Waals surface area (Å²) in [7, 11) is 1.76. The molecule has 0 unspecified atom stereocenters. The third kappa shape index (κ3) is 3.37. The second kappa shape index (κ2) is 6.65. The molecular weight excluding hydrogens is 264 g/mol. The van der Waals surface area contributed by atoms with E-state index in [4.69, 9.17) is 4.74 Å². The minimum Gasteiger partial charge on any atom is -0.379 e. The molecule has 21 heavy (non-hydrogen) atoms. The molecule has 1 fully saturated rings. The smallest absolute Gasteiger partial charge is 0.0894 e. The van der Waals surface area contributed by atoms with Crippen molar-refractivity contribution in [2.45, 2.75) is 12.0 Å². The number of rotatable bonds is 5. The summed E-state index contributed by atoms with van der Waals surface area (Å²) in [6.07, 6.45) is 6.33. The Balaban J connectivity index is 1.59. The first-order valence-electron chi connectivity index (χ1n) is 7.19. The highest BCUT2D eigenvalue weighted by Gasteiger charge is 2.34. The zero-order chi connectivity index (χ0) is 14.5. The van der Waals surface area contributed by atoms with E-state index in [-0.39, 0.29) is 6.10 Å². The molecule has 1 aliphatic heterocycles. The van der Waals surface area contributed by atoms with Crippen molar-refractivity contribution in [2.24, 2.45) is 0 Å². The van der Waals surface area contributed by atoms with Crippen molar-refractivity contribution in [3.63, 3.8) is 0 Å². The minimum atomic E-state index is 0.181. The van der Waals surface area contributed by atoms with Crippen LogP contribution in [0.15, 0.2) is 42.6 Å². The van der Waals surface area contributed by atoms with Crippen LogP contribution in [0.2, 0.25) is 0 Å². The topological polar surface area (TPSA) is 54.0 Å². The van der Waals surface area contributed by atoms with E-state index < -0.39 is 0 Å². The summed E-state index contributed by atoms with van der Waals surface area (Å²) in [5.41, 5.74) is 2.21. The van der Waals surface area contributed by atoms with Crippen molar-refractivity contribution >= 4 is 6.08 Å². The van der Waals surface area contributed by atoms with Crippen molar-refractivity contribution in [1.29, 1.82) is 0 Å². The quantitative estimate of drug-likeness (QED) is 0.911. The van der Waals surface area contributed by atoms with Crippen LogP contribution >= 0.6 is 0 Å². The Morgan fingerprint density at radius 2 is 2.19 bits per heavy atom. The first-order chi connectivity index (χ1) is 10.4. The van der Waals surface area contributed by atoms with Gasteiger partial charge < -0.3 is 4.74 Å². The molecule has 0 bridgehead atoms. The van der Waals surface area contributed by atoms with Gasteiger partial charge >= 0.3 is 0 Å². The van der Waals surface area contributed by atoms with Crippen LogP contribution < -0.4 is 0 Å². The number of benzene rings is 1. The molecule has 1 saturated heterocycles. The van der Waals surface area contributed by atoms with Crippen LogP contribution in [-0.4, -0.2) is 53.2 Å². The van der Waals surface area contributed by atoms with Gasteiger partial charge in [0.15, 0.2) is 0 Å². The van der Waals surface area contributed by atoms with E-state index >= 15 is 0 Å². The summed E-state index contributed by atoms with van der Waals surface area (Å²) in [5, 5.41) is 10.8. The fourth-order valence-electron chi connectivity index (χ4n) is 2.81. The van der Waals surface area contributed by atoms with Crippen LogP contribution in [0.1, 0.15) is 17.2 Å². The fraction of sp³-hybridized carbons (Fsp3) is 0.375. The standard InChI is InChI=1S/C16H20N4O/c1-21-16-12-20(11-14(16)15-10-17-19-18-15)9-5-8-13-6-3-2-4-7-13/h2-8,10,14,16H,9,11-12H2,1H3,(H,17,18,19)/b8-5+/t14-,16+/m0/s1. The summed E-state index contributed by atoms with van der Waals surface area (Å²) < 4.78 is 5.59. The van der Waals surface area contributed by atoms with E-state index in [0.717, 1.165) is 25.3 Å². The van der Waals surface area contributed by atoms with Crippen molar-refractivity contribution in [3.8, 4) is 0 Å². The molecule has 0 aliphatic carbocycles. The van der Waals surface area contributed by atoms with Gasteiger partial charge in [0.1, 0.15) is 0 Å². The zero-order valence-electron chi connectivity index (χ0n) is 12.1. The number of hydrogen-bond donors (Lipinski definition) is 1. The number of methoxy groups -OCH3 is 1. The Kier molecular flexibility index (Phi) is 4.43. The molecule has 110 valence electrons. The third-order valence-corrected chi connectivity index (χ3v) is 3.93. The van der Waals surface area contributed by atoms with Crippen LogP contribution in [0.25, 0.3) is 6.08 Å². The Morgan fingerprint density at radius 1 is 1.33 bits per heavy atom. The van der Waals surface area contributed by atoms with Crippen molar-refractivity contribution < 1.29 is 4.74 Å². The number of likely N-dealkylation sites (tertiary alicyclic amines) is 1. The molecule has 3 rings (SSSR count). The number of H-pyrrole nitrogens is 1. The lowest BCUT2D eigenvalue weighted by Crippen LogP contribution is -2.23. The summed E-state index contributed by atoms with van der Waals surface area (Å²) in [6.45, 7) is 2.79. The molecule has 1 N–H and O–H groups in total. The van der Waals surface area contributed by atoms with Crippen LogP contribution in [0.3, 0.4) is 0 Å². The molecule has 1 aliphatic rings.